The molecule has 0 saturated heterocycles. The number of carbonyl (C=O) groups is 1. The zero-order valence-corrected chi connectivity index (χ0v) is 13.3. The van der Waals surface area contributed by atoms with Gasteiger partial charge in [-0.25, -0.2) is 0 Å². The number of aromatic nitrogens is 3. The van der Waals surface area contributed by atoms with Gasteiger partial charge in [0.2, 0.25) is 5.91 Å². The van der Waals surface area contributed by atoms with Crippen LogP contribution in [0.3, 0.4) is 0 Å². The molecule has 0 bridgehead atoms. The van der Waals surface area contributed by atoms with Gasteiger partial charge in [-0.1, -0.05) is 17.8 Å². The zero-order chi connectivity index (χ0) is 16.1. The standard InChI is InChI=1S/C15H18N4O2S/c1-4-9-19-14(11-5-7-12(21-3)8-6-11)17-18-15(19)22-10(2)13(16)20/h4-8,10H,1,9H2,2-3H3,(H2,16,20)/t10-/m1/s1. The van der Waals surface area contributed by atoms with Gasteiger partial charge < -0.3 is 10.5 Å². The fourth-order valence-electron chi connectivity index (χ4n) is 1.84. The minimum absolute atomic E-state index is 0.378. The third kappa shape index (κ3) is 3.48. The van der Waals surface area contributed by atoms with E-state index in [9.17, 15) is 4.79 Å². The molecule has 1 aromatic heterocycles. The Balaban J connectivity index is 2.36. The van der Waals surface area contributed by atoms with E-state index in [1.165, 1.54) is 11.8 Å². The summed E-state index contributed by atoms with van der Waals surface area (Å²) in [6, 6.07) is 7.55. The number of nitrogens with two attached hydrogens (primary N) is 1. The average Bonchev–Trinajstić information content (AvgIpc) is 2.90. The molecule has 0 aliphatic rings. The van der Waals surface area contributed by atoms with Gasteiger partial charge in [0.15, 0.2) is 11.0 Å². The van der Waals surface area contributed by atoms with Gasteiger partial charge in [-0.15, -0.1) is 16.8 Å². The van der Waals surface area contributed by atoms with E-state index in [1.54, 1.807) is 20.1 Å². The minimum Gasteiger partial charge on any atom is -0.497 e. The number of carbonyl (C=O) groups excluding carboxylic acids is 1. The molecule has 116 valence electrons. The van der Waals surface area contributed by atoms with Crippen molar-refractivity contribution in [3.8, 4) is 17.1 Å². The van der Waals surface area contributed by atoms with E-state index in [-0.39, 0.29) is 11.2 Å². The van der Waals surface area contributed by atoms with Crippen molar-refractivity contribution in [2.75, 3.05) is 7.11 Å². The summed E-state index contributed by atoms with van der Waals surface area (Å²) in [6.07, 6.45) is 1.76. The molecule has 2 N–H and O–H groups in total. The SMILES string of the molecule is C=CCn1c(S[C@H](C)C(N)=O)nnc1-c1ccc(OC)cc1. The number of amides is 1. The molecule has 0 radical (unpaired) electrons. The summed E-state index contributed by atoms with van der Waals surface area (Å²) >= 11 is 1.28. The fourth-order valence-corrected chi connectivity index (χ4v) is 2.65. The highest BCUT2D eigenvalue weighted by molar-refractivity contribution is 8.00. The molecule has 0 fully saturated rings. The number of nitrogens with zero attached hydrogens (tertiary/aromatic N) is 3. The number of methoxy groups -OCH3 is 1. The van der Waals surface area contributed by atoms with Gasteiger partial charge in [0.1, 0.15) is 5.75 Å². The van der Waals surface area contributed by atoms with Crippen molar-refractivity contribution < 1.29 is 9.53 Å². The van der Waals surface area contributed by atoms with Crippen LogP contribution in [-0.4, -0.2) is 33.0 Å². The third-order valence-electron chi connectivity index (χ3n) is 3.06. The zero-order valence-electron chi connectivity index (χ0n) is 12.5. The van der Waals surface area contributed by atoms with Crippen LogP contribution in [0.2, 0.25) is 0 Å². The van der Waals surface area contributed by atoms with Crippen LogP contribution in [0.4, 0.5) is 0 Å². The Labute approximate surface area is 133 Å². The molecule has 1 heterocycles. The fraction of sp³-hybridized carbons (Fsp3) is 0.267. The summed E-state index contributed by atoms with van der Waals surface area (Å²) < 4.78 is 7.05. The molecule has 0 aliphatic heterocycles. The molecule has 0 unspecified atom stereocenters. The van der Waals surface area contributed by atoms with Crippen LogP contribution < -0.4 is 10.5 Å². The predicted octanol–water partition coefficient (Wildman–Crippen LogP) is 2.11. The lowest BCUT2D eigenvalue weighted by Gasteiger charge is -2.10. The van der Waals surface area contributed by atoms with E-state index in [4.69, 9.17) is 10.5 Å². The Hall–Kier alpha value is -2.28. The number of allylic oxidation sites excluding steroid dienone is 1. The van der Waals surface area contributed by atoms with E-state index in [0.29, 0.717) is 17.5 Å². The predicted molar refractivity (Wildman–Crippen MR) is 86.7 cm³/mol. The number of hydrogen-bond donors (Lipinski definition) is 1. The smallest absolute Gasteiger partial charge is 0.230 e. The normalized spacial score (nSPS) is 11.9. The van der Waals surface area contributed by atoms with Crippen molar-refractivity contribution in [2.45, 2.75) is 23.9 Å². The molecule has 0 aliphatic carbocycles. The maximum atomic E-state index is 11.2. The molecule has 1 amide bonds. The van der Waals surface area contributed by atoms with Crippen LogP contribution in [0.15, 0.2) is 42.1 Å². The largest absolute Gasteiger partial charge is 0.497 e. The van der Waals surface area contributed by atoms with E-state index < -0.39 is 0 Å². The van der Waals surface area contributed by atoms with E-state index >= 15 is 0 Å². The van der Waals surface area contributed by atoms with Gasteiger partial charge in [0, 0.05) is 12.1 Å². The van der Waals surface area contributed by atoms with Crippen LogP contribution in [0.5, 0.6) is 5.75 Å². The summed E-state index contributed by atoms with van der Waals surface area (Å²) in [5.41, 5.74) is 6.22. The Morgan fingerprint density at radius 2 is 2.14 bits per heavy atom. The van der Waals surface area contributed by atoms with Gasteiger partial charge >= 0.3 is 0 Å². The lowest BCUT2D eigenvalue weighted by molar-refractivity contribution is -0.117. The highest BCUT2D eigenvalue weighted by Crippen LogP contribution is 2.27. The molecule has 7 heteroatoms. The summed E-state index contributed by atoms with van der Waals surface area (Å²) in [6.45, 7) is 6.04. The number of benzene rings is 1. The number of hydrogen-bond acceptors (Lipinski definition) is 5. The molecule has 2 aromatic rings. The minimum atomic E-state index is -0.385. The highest BCUT2D eigenvalue weighted by atomic mass is 32.2. The topological polar surface area (TPSA) is 83.0 Å². The summed E-state index contributed by atoms with van der Waals surface area (Å²) in [4.78, 5) is 11.2. The molecule has 0 saturated carbocycles. The first-order valence-corrected chi connectivity index (χ1v) is 7.59. The van der Waals surface area contributed by atoms with Crippen molar-refractivity contribution >= 4 is 17.7 Å². The van der Waals surface area contributed by atoms with Crippen molar-refractivity contribution in [1.29, 1.82) is 0 Å². The molecular formula is C15H18N4O2S. The van der Waals surface area contributed by atoms with Gasteiger partial charge in [-0.2, -0.15) is 0 Å². The molecule has 1 aromatic carbocycles. The van der Waals surface area contributed by atoms with Gasteiger partial charge in [0.25, 0.3) is 0 Å². The summed E-state index contributed by atoms with van der Waals surface area (Å²) in [5.74, 6) is 1.10. The first-order chi connectivity index (χ1) is 10.6. The van der Waals surface area contributed by atoms with Crippen molar-refractivity contribution in [1.82, 2.24) is 14.8 Å². The molecule has 6 nitrogen and oxygen atoms in total. The Morgan fingerprint density at radius 3 is 2.68 bits per heavy atom. The third-order valence-corrected chi connectivity index (χ3v) is 4.16. The van der Waals surface area contributed by atoms with Crippen LogP contribution in [0.1, 0.15) is 6.92 Å². The maximum absolute atomic E-state index is 11.2. The van der Waals surface area contributed by atoms with Crippen molar-refractivity contribution in [3.63, 3.8) is 0 Å². The molecular weight excluding hydrogens is 300 g/mol. The number of ether oxygens (including phenoxy) is 1. The van der Waals surface area contributed by atoms with Crippen LogP contribution in [0.25, 0.3) is 11.4 Å². The Morgan fingerprint density at radius 1 is 1.45 bits per heavy atom. The lowest BCUT2D eigenvalue weighted by atomic mass is 10.2. The van der Waals surface area contributed by atoms with Gasteiger partial charge in [-0.3, -0.25) is 9.36 Å². The maximum Gasteiger partial charge on any atom is 0.230 e. The summed E-state index contributed by atoms with van der Waals surface area (Å²) in [5, 5.41) is 8.65. The van der Waals surface area contributed by atoms with Gasteiger partial charge in [-0.05, 0) is 31.2 Å². The number of rotatable bonds is 7. The quantitative estimate of drug-likeness (QED) is 0.624. The molecule has 0 spiro atoms. The number of primary amides is 1. The second kappa shape index (κ2) is 7.13. The molecule has 22 heavy (non-hydrogen) atoms. The second-order valence-electron chi connectivity index (χ2n) is 4.60. The average molecular weight is 318 g/mol. The first kappa shape index (κ1) is 16.1. The van der Waals surface area contributed by atoms with E-state index in [2.05, 4.69) is 16.8 Å². The van der Waals surface area contributed by atoms with E-state index in [1.807, 2.05) is 28.8 Å². The number of thioether (sulfide) groups is 1. The van der Waals surface area contributed by atoms with Crippen molar-refractivity contribution in [2.24, 2.45) is 5.73 Å². The second-order valence-corrected chi connectivity index (χ2v) is 5.90. The first-order valence-electron chi connectivity index (χ1n) is 6.71. The lowest BCUT2D eigenvalue weighted by Crippen LogP contribution is -2.23. The van der Waals surface area contributed by atoms with E-state index in [0.717, 1.165) is 11.3 Å². The highest BCUT2D eigenvalue weighted by Gasteiger charge is 2.18. The van der Waals surface area contributed by atoms with Crippen LogP contribution >= 0.6 is 11.8 Å². The van der Waals surface area contributed by atoms with Crippen molar-refractivity contribution in [3.05, 3.63) is 36.9 Å². The monoisotopic (exact) mass is 318 g/mol. The Bertz CT molecular complexity index is 667. The van der Waals surface area contributed by atoms with Crippen LogP contribution in [-0.2, 0) is 11.3 Å². The van der Waals surface area contributed by atoms with Crippen LogP contribution in [0, 0.1) is 0 Å². The van der Waals surface area contributed by atoms with Gasteiger partial charge in [0.05, 0.1) is 12.4 Å². The Kier molecular flexibility index (Phi) is 5.21. The summed E-state index contributed by atoms with van der Waals surface area (Å²) in [7, 11) is 1.62. The molecule has 2 rings (SSSR count). The molecule has 1 atom stereocenters.